The molecule has 1 aromatic rings. The highest BCUT2D eigenvalue weighted by Gasteiger charge is 2.47. The summed E-state index contributed by atoms with van der Waals surface area (Å²) in [5.41, 5.74) is 2.81. The van der Waals surface area contributed by atoms with Gasteiger partial charge in [-0.25, -0.2) is 0 Å². The zero-order chi connectivity index (χ0) is 21.1. The van der Waals surface area contributed by atoms with Crippen molar-refractivity contribution >= 4 is 0 Å². The summed E-state index contributed by atoms with van der Waals surface area (Å²) in [7, 11) is 0. The quantitative estimate of drug-likeness (QED) is 0.268. The minimum atomic E-state index is 0.320. The van der Waals surface area contributed by atoms with Crippen LogP contribution in [0, 0.1) is 5.92 Å². The molecule has 0 unspecified atom stereocenters. The number of hydrogen-bond acceptors (Lipinski definition) is 1. The highest BCUT2D eigenvalue weighted by atomic mass is 16.3. The van der Waals surface area contributed by atoms with Crippen molar-refractivity contribution in [3.05, 3.63) is 29.3 Å². The van der Waals surface area contributed by atoms with Crippen LogP contribution in [0.2, 0.25) is 0 Å². The largest absolute Gasteiger partial charge is 0.507 e. The smallest absolute Gasteiger partial charge is 0.122 e. The van der Waals surface area contributed by atoms with Gasteiger partial charge in [0, 0.05) is 5.56 Å². The normalized spacial score (nSPS) is 22.8. The van der Waals surface area contributed by atoms with Crippen LogP contribution in [0.3, 0.4) is 0 Å². The second kappa shape index (κ2) is 12.8. The molecule has 2 bridgehead atoms. The van der Waals surface area contributed by atoms with Crippen LogP contribution in [0.25, 0.3) is 0 Å². The molecule has 2 saturated carbocycles. The lowest BCUT2D eigenvalue weighted by Gasteiger charge is -2.28. The molecule has 0 saturated heterocycles. The van der Waals surface area contributed by atoms with E-state index < -0.39 is 0 Å². The van der Waals surface area contributed by atoms with E-state index in [2.05, 4.69) is 25.1 Å². The Morgan fingerprint density at radius 3 is 1.80 bits per heavy atom. The number of phenolic OH excluding ortho intramolecular Hbond substituents is 1. The Bertz CT molecular complexity index is 596. The molecule has 0 heterocycles. The molecule has 2 aliphatic rings. The molecule has 1 N–H and O–H groups in total. The van der Waals surface area contributed by atoms with Crippen molar-refractivity contribution in [2.24, 2.45) is 5.92 Å². The zero-order valence-electron chi connectivity index (χ0n) is 19.9. The van der Waals surface area contributed by atoms with Crippen LogP contribution in [0.1, 0.15) is 140 Å². The van der Waals surface area contributed by atoms with Gasteiger partial charge in [0.2, 0.25) is 0 Å². The summed E-state index contributed by atoms with van der Waals surface area (Å²) in [6.07, 6.45) is 27.3. The lowest BCUT2D eigenvalue weighted by Crippen LogP contribution is -2.20. The maximum Gasteiger partial charge on any atom is 0.122 e. The summed E-state index contributed by atoms with van der Waals surface area (Å²) in [5.74, 6) is 1.58. The second-order valence-electron chi connectivity index (χ2n) is 10.6. The van der Waals surface area contributed by atoms with Crippen LogP contribution in [0.5, 0.6) is 5.75 Å². The fourth-order valence-electron chi connectivity index (χ4n) is 6.30. The van der Waals surface area contributed by atoms with Crippen molar-refractivity contribution in [1.29, 1.82) is 0 Å². The lowest BCUT2D eigenvalue weighted by molar-refractivity contribution is 0.386. The molecule has 0 spiro atoms. The molecule has 3 rings (SSSR count). The number of rotatable bonds is 16. The van der Waals surface area contributed by atoms with Crippen LogP contribution in [0.15, 0.2) is 18.2 Å². The van der Waals surface area contributed by atoms with E-state index in [4.69, 9.17) is 0 Å². The van der Waals surface area contributed by atoms with Crippen molar-refractivity contribution in [3.8, 4) is 5.75 Å². The van der Waals surface area contributed by atoms with E-state index in [9.17, 15) is 5.11 Å². The summed E-state index contributed by atoms with van der Waals surface area (Å²) < 4.78 is 0. The Morgan fingerprint density at radius 2 is 1.30 bits per heavy atom. The van der Waals surface area contributed by atoms with E-state index >= 15 is 0 Å². The summed E-state index contributed by atoms with van der Waals surface area (Å²) in [5, 5.41) is 11.0. The Morgan fingerprint density at radius 1 is 0.767 bits per heavy atom. The summed E-state index contributed by atoms with van der Waals surface area (Å²) >= 11 is 0. The SMILES string of the molecule is CCCCCCCCCCCCCCCCc1cccc(C23CCC(CC2)C3)c1O. The molecule has 1 aromatic carbocycles. The Labute approximate surface area is 187 Å². The van der Waals surface area contributed by atoms with Gasteiger partial charge in [-0.05, 0) is 61.8 Å². The third-order valence-electron chi connectivity index (χ3n) is 8.23. The molecule has 0 radical (unpaired) electrons. The monoisotopic (exact) mass is 412 g/mol. The molecule has 170 valence electrons. The standard InChI is InChI=1S/C29H48O/c1-2-3-4-5-6-7-8-9-10-11-12-13-14-15-17-26-18-16-19-27(28(26)30)29-22-20-25(24-29)21-23-29/h16,18-19,25,30H,2-15,17,20-24H2,1H3. The highest BCUT2D eigenvalue weighted by molar-refractivity contribution is 5.46. The van der Waals surface area contributed by atoms with Crippen LogP contribution < -0.4 is 0 Å². The van der Waals surface area contributed by atoms with Crippen LogP contribution in [0.4, 0.5) is 0 Å². The van der Waals surface area contributed by atoms with Crippen LogP contribution in [-0.4, -0.2) is 5.11 Å². The number of aryl methyl sites for hydroxylation is 1. The molecule has 1 nitrogen and oxygen atoms in total. The zero-order valence-corrected chi connectivity index (χ0v) is 19.9. The third-order valence-corrected chi connectivity index (χ3v) is 8.23. The number of unbranched alkanes of at least 4 members (excludes halogenated alkanes) is 13. The van der Waals surface area contributed by atoms with Gasteiger partial charge < -0.3 is 5.11 Å². The van der Waals surface area contributed by atoms with Crippen LogP contribution in [-0.2, 0) is 11.8 Å². The second-order valence-corrected chi connectivity index (χ2v) is 10.6. The van der Waals surface area contributed by atoms with Gasteiger partial charge in [0.05, 0.1) is 0 Å². The molecular weight excluding hydrogens is 364 g/mol. The summed E-state index contributed by atoms with van der Waals surface area (Å²) in [4.78, 5) is 0. The fourth-order valence-corrected chi connectivity index (χ4v) is 6.30. The van der Waals surface area contributed by atoms with Gasteiger partial charge in [0.15, 0.2) is 0 Å². The molecule has 0 aliphatic heterocycles. The van der Waals surface area contributed by atoms with Gasteiger partial charge in [-0.2, -0.15) is 0 Å². The van der Waals surface area contributed by atoms with Crippen molar-refractivity contribution in [2.45, 2.75) is 141 Å². The van der Waals surface area contributed by atoms with Crippen molar-refractivity contribution in [2.75, 3.05) is 0 Å². The number of benzene rings is 1. The number of para-hydroxylation sites is 1. The first-order chi connectivity index (χ1) is 14.7. The molecule has 0 amide bonds. The van der Waals surface area contributed by atoms with Crippen molar-refractivity contribution < 1.29 is 5.11 Å². The van der Waals surface area contributed by atoms with Gasteiger partial charge in [0.25, 0.3) is 0 Å². The van der Waals surface area contributed by atoms with E-state index in [1.807, 2.05) is 0 Å². The first-order valence-corrected chi connectivity index (χ1v) is 13.6. The average Bonchev–Trinajstić information content (AvgIpc) is 3.37. The van der Waals surface area contributed by atoms with E-state index in [0.29, 0.717) is 11.2 Å². The van der Waals surface area contributed by atoms with E-state index in [-0.39, 0.29) is 0 Å². The van der Waals surface area contributed by atoms with Gasteiger partial charge in [-0.3, -0.25) is 0 Å². The summed E-state index contributed by atoms with van der Waals surface area (Å²) in [6, 6.07) is 6.59. The number of hydrogen-bond donors (Lipinski definition) is 1. The fraction of sp³-hybridized carbons (Fsp3) is 0.793. The summed E-state index contributed by atoms with van der Waals surface area (Å²) in [6.45, 7) is 2.29. The van der Waals surface area contributed by atoms with E-state index in [1.165, 1.54) is 133 Å². The average molecular weight is 413 g/mol. The first kappa shape index (κ1) is 23.7. The molecule has 2 fully saturated rings. The minimum absolute atomic E-state index is 0.320. The van der Waals surface area contributed by atoms with Gasteiger partial charge in [-0.15, -0.1) is 0 Å². The highest BCUT2D eigenvalue weighted by Crippen LogP contribution is 2.57. The van der Waals surface area contributed by atoms with E-state index in [1.54, 1.807) is 0 Å². The van der Waals surface area contributed by atoms with Crippen molar-refractivity contribution in [3.63, 3.8) is 0 Å². The van der Waals surface area contributed by atoms with Crippen molar-refractivity contribution in [1.82, 2.24) is 0 Å². The first-order valence-electron chi connectivity index (χ1n) is 13.6. The number of fused-ring (bicyclic) bond motifs is 2. The molecule has 0 atom stereocenters. The third kappa shape index (κ3) is 6.76. The minimum Gasteiger partial charge on any atom is -0.507 e. The topological polar surface area (TPSA) is 20.2 Å². The van der Waals surface area contributed by atoms with Gasteiger partial charge in [-0.1, -0.05) is 109 Å². The lowest BCUT2D eigenvalue weighted by atomic mass is 9.76. The Kier molecular flexibility index (Phi) is 10.1. The van der Waals surface area contributed by atoms with Crippen LogP contribution >= 0.6 is 0 Å². The Hall–Kier alpha value is -0.980. The number of aromatic hydroxyl groups is 1. The van der Waals surface area contributed by atoms with Gasteiger partial charge in [0.1, 0.15) is 5.75 Å². The molecular formula is C29H48O. The number of phenols is 1. The molecule has 0 aromatic heterocycles. The molecule has 2 aliphatic carbocycles. The maximum absolute atomic E-state index is 11.0. The predicted molar refractivity (Wildman–Crippen MR) is 130 cm³/mol. The molecule has 30 heavy (non-hydrogen) atoms. The Balaban J connectivity index is 1.23. The van der Waals surface area contributed by atoms with E-state index in [0.717, 1.165) is 12.3 Å². The molecule has 1 heteroatoms. The predicted octanol–water partition coefficient (Wildman–Crippen LogP) is 9.25. The van der Waals surface area contributed by atoms with Gasteiger partial charge >= 0.3 is 0 Å². The maximum atomic E-state index is 11.0.